The van der Waals surface area contributed by atoms with Crippen LogP contribution in [0.25, 0.3) is 0 Å². The third-order valence-corrected chi connectivity index (χ3v) is 4.22. The molecule has 0 spiro atoms. The number of amides is 1. The molecule has 0 saturated carbocycles. The van der Waals surface area contributed by atoms with E-state index in [2.05, 4.69) is 15.3 Å². The molecule has 132 valence electrons. The van der Waals surface area contributed by atoms with Crippen molar-refractivity contribution in [3.8, 4) is 0 Å². The van der Waals surface area contributed by atoms with Gasteiger partial charge < -0.3 is 27.3 Å². The Morgan fingerprint density at radius 3 is 2.64 bits per heavy atom. The molecular weight excluding hydrogens is 320 g/mol. The van der Waals surface area contributed by atoms with Crippen LogP contribution in [0.2, 0.25) is 0 Å². The molecule has 2 heterocycles. The lowest BCUT2D eigenvalue weighted by atomic mass is 9.91. The first-order valence-electron chi connectivity index (χ1n) is 8.12. The van der Waals surface area contributed by atoms with E-state index in [1.807, 2.05) is 31.2 Å². The zero-order valence-electron chi connectivity index (χ0n) is 14.0. The van der Waals surface area contributed by atoms with Crippen molar-refractivity contribution in [1.82, 2.24) is 9.97 Å². The minimum Gasteiger partial charge on any atom is -0.368 e. The number of anilines is 3. The van der Waals surface area contributed by atoms with Gasteiger partial charge in [0.15, 0.2) is 0 Å². The molecule has 2 unspecified atom stereocenters. The fraction of sp³-hybridized carbons (Fsp3) is 0.353. The van der Waals surface area contributed by atoms with Crippen LogP contribution >= 0.6 is 0 Å². The van der Waals surface area contributed by atoms with Gasteiger partial charge >= 0.3 is 0 Å². The molecule has 2 atom stereocenters. The Hall–Kier alpha value is -2.71. The van der Waals surface area contributed by atoms with Gasteiger partial charge in [0, 0.05) is 18.2 Å². The largest absolute Gasteiger partial charge is 0.368 e. The molecule has 0 aliphatic carbocycles. The number of primary amides is 1. The first kappa shape index (κ1) is 17.1. The highest BCUT2D eigenvalue weighted by atomic mass is 16.5. The Bertz CT molecular complexity index is 777. The maximum atomic E-state index is 12.1. The molecule has 1 aliphatic rings. The number of ether oxygens (including phenoxy) is 1. The Kier molecular flexibility index (Phi) is 4.82. The predicted molar refractivity (Wildman–Crippen MR) is 95.3 cm³/mol. The number of benzene rings is 1. The predicted octanol–water partition coefficient (Wildman–Crippen LogP) is 1.39. The summed E-state index contributed by atoms with van der Waals surface area (Å²) in [6.07, 6.45) is 0.832. The molecule has 1 amide bonds. The summed E-state index contributed by atoms with van der Waals surface area (Å²) in [5.41, 5.74) is 20.0. The molecule has 1 aromatic carbocycles. The number of rotatable bonds is 4. The Labute approximate surface area is 145 Å². The second kappa shape index (κ2) is 7.04. The molecular formula is C17H22N6O2. The lowest BCUT2D eigenvalue weighted by Crippen LogP contribution is -2.33. The minimum atomic E-state index is -0.607. The van der Waals surface area contributed by atoms with E-state index >= 15 is 0 Å². The van der Waals surface area contributed by atoms with Crippen molar-refractivity contribution in [3.05, 3.63) is 41.1 Å². The van der Waals surface area contributed by atoms with Gasteiger partial charge in [-0.25, -0.2) is 4.98 Å². The van der Waals surface area contributed by atoms with Crippen LogP contribution in [0.5, 0.6) is 0 Å². The maximum absolute atomic E-state index is 12.1. The van der Waals surface area contributed by atoms with Gasteiger partial charge in [-0.05, 0) is 31.9 Å². The molecule has 25 heavy (non-hydrogen) atoms. The number of carbonyl (C=O) groups is 1. The van der Waals surface area contributed by atoms with Crippen molar-refractivity contribution in [2.24, 2.45) is 11.5 Å². The topological polar surface area (TPSA) is 142 Å². The standard InChI is InChI=1S/C17H22N6O2/c1-9-2-4-11(5-3-9)21-16-13(15(19)24)14(22-17(20)23-16)10-6-7-25-12(18)8-10/h2-5,10,12H,6-8,18H2,1H3,(H2,19,24)(H3,20,21,22,23). The van der Waals surface area contributed by atoms with Gasteiger partial charge in [-0.3, -0.25) is 4.79 Å². The summed E-state index contributed by atoms with van der Waals surface area (Å²) in [4.78, 5) is 20.6. The number of nitrogens with zero attached hydrogens (tertiary/aromatic N) is 2. The molecule has 1 aromatic heterocycles. The number of nitrogens with two attached hydrogens (primary N) is 3. The second-order valence-electron chi connectivity index (χ2n) is 6.18. The number of hydrogen-bond acceptors (Lipinski definition) is 7. The smallest absolute Gasteiger partial charge is 0.254 e. The van der Waals surface area contributed by atoms with Crippen molar-refractivity contribution < 1.29 is 9.53 Å². The fourth-order valence-electron chi connectivity index (χ4n) is 2.97. The molecule has 2 aromatic rings. The summed E-state index contributed by atoms with van der Waals surface area (Å²) in [5, 5.41) is 3.12. The Morgan fingerprint density at radius 1 is 1.28 bits per heavy atom. The van der Waals surface area contributed by atoms with Gasteiger partial charge in [0.05, 0.1) is 5.69 Å². The molecule has 0 radical (unpaired) electrons. The van der Waals surface area contributed by atoms with E-state index in [1.54, 1.807) is 0 Å². The van der Waals surface area contributed by atoms with E-state index in [0.29, 0.717) is 31.0 Å². The third-order valence-electron chi connectivity index (χ3n) is 4.22. The second-order valence-corrected chi connectivity index (χ2v) is 6.18. The zero-order valence-corrected chi connectivity index (χ0v) is 14.0. The molecule has 0 bridgehead atoms. The van der Waals surface area contributed by atoms with Crippen molar-refractivity contribution >= 4 is 23.4 Å². The van der Waals surface area contributed by atoms with Crippen LogP contribution in [0, 0.1) is 6.92 Å². The van der Waals surface area contributed by atoms with Crippen LogP contribution in [0.1, 0.15) is 40.4 Å². The van der Waals surface area contributed by atoms with Gasteiger partial charge in [-0.15, -0.1) is 0 Å². The normalized spacial score (nSPS) is 20.2. The van der Waals surface area contributed by atoms with Gasteiger partial charge in [-0.1, -0.05) is 17.7 Å². The maximum Gasteiger partial charge on any atom is 0.254 e. The van der Waals surface area contributed by atoms with E-state index in [1.165, 1.54) is 0 Å². The summed E-state index contributed by atoms with van der Waals surface area (Å²) >= 11 is 0. The molecule has 3 rings (SSSR count). The summed E-state index contributed by atoms with van der Waals surface area (Å²) < 4.78 is 5.37. The van der Waals surface area contributed by atoms with E-state index < -0.39 is 12.1 Å². The van der Waals surface area contributed by atoms with E-state index in [4.69, 9.17) is 21.9 Å². The van der Waals surface area contributed by atoms with Crippen LogP contribution in [0.4, 0.5) is 17.5 Å². The summed E-state index contributed by atoms with van der Waals surface area (Å²) in [6, 6.07) is 7.69. The average molecular weight is 342 g/mol. The highest BCUT2D eigenvalue weighted by Gasteiger charge is 2.29. The summed E-state index contributed by atoms with van der Waals surface area (Å²) in [7, 11) is 0. The van der Waals surface area contributed by atoms with Crippen molar-refractivity contribution in [1.29, 1.82) is 0 Å². The van der Waals surface area contributed by atoms with Gasteiger partial charge in [0.1, 0.15) is 17.6 Å². The number of nitrogens with one attached hydrogen (secondary N) is 1. The monoisotopic (exact) mass is 342 g/mol. The van der Waals surface area contributed by atoms with Crippen molar-refractivity contribution in [2.45, 2.75) is 31.9 Å². The number of hydrogen-bond donors (Lipinski definition) is 4. The van der Waals surface area contributed by atoms with Gasteiger partial charge in [0.25, 0.3) is 5.91 Å². The SMILES string of the molecule is Cc1ccc(Nc2nc(N)nc(C3CCOC(N)C3)c2C(N)=O)cc1. The summed E-state index contributed by atoms with van der Waals surface area (Å²) in [5.74, 6) is -0.284. The number of carbonyl (C=O) groups excluding carboxylic acids is 1. The van der Waals surface area contributed by atoms with Crippen LogP contribution in [0.3, 0.4) is 0 Å². The zero-order chi connectivity index (χ0) is 18.0. The van der Waals surface area contributed by atoms with Crippen molar-refractivity contribution in [3.63, 3.8) is 0 Å². The van der Waals surface area contributed by atoms with Gasteiger partial charge in [-0.2, -0.15) is 4.98 Å². The van der Waals surface area contributed by atoms with Crippen LogP contribution in [-0.2, 0) is 4.74 Å². The molecule has 8 heteroatoms. The highest BCUT2D eigenvalue weighted by molar-refractivity contribution is 5.99. The highest BCUT2D eigenvalue weighted by Crippen LogP contribution is 2.33. The van der Waals surface area contributed by atoms with Crippen LogP contribution in [0.15, 0.2) is 24.3 Å². The Morgan fingerprint density at radius 2 is 2.00 bits per heavy atom. The van der Waals surface area contributed by atoms with Crippen molar-refractivity contribution in [2.75, 3.05) is 17.7 Å². The number of aryl methyl sites for hydroxylation is 1. The molecule has 1 fully saturated rings. The van der Waals surface area contributed by atoms with Crippen LogP contribution in [-0.4, -0.2) is 28.7 Å². The Balaban J connectivity index is 2.02. The first-order chi connectivity index (χ1) is 11.9. The first-order valence-corrected chi connectivity index (χ1v) is 8.12. The molecule has 7 N–H and O–H groups in total. The molecule has 1 aliphatic heterocycles. The summed E-state index contributed by atoms with van der Waals surface area (Å²) in [6.45, 7) is 2.49. The third kappa shape index (κ3) is 3.86. The molecule has 1 saturated heterocycles. The van der Waals surface area contributed by atoms with Gasteiger partial charge in [0.2, 0.25) is 5.95 Å². The van der Waals surface area contributed by atoms with E-state index in [9.17, 15) is 4.79 Å². The van der Waals surface area contributed by atoms with E-state index in [0.717, 1.165) is 11.3 Å². The quantitative estimate of drug-likeness (QED) is 0.657. The van der Waals surface area contributed by atoms with E-state index in [-0.39, 0.29) is 17.4 Å². The fourth-order valence-corrected chi connectivity index (χ4v) is 2.97. The lowest BCUT2D eigenvalue weighted by Gasteiger charge is -2.28. The number of aromatic nitrogens is 2. The lowest BCUT2D eigenvalue weighted by molar-refractivity contribution is 0.0102. The molecule has 8 nitrogen and oxygen atoms in total. The number of nitrogen functional groups attached to an aromatic ring is 1. The minimum absolute atomic E-state index is 0.0601. The average Bonchev–Trinajstić information content (AvgIpc) is 2.56. The van der Waals surface area contributed by atoms with Crippen LogP contribution < -0.4 is 22.5 Å².